The Labute approximate surface area is 138 Å². The summed E-state index contributed by atoms with van der Waals surface area (Å²) in [6.07, 6.45) is 4.27. The minimum atomic E-state index is -3.94. The average molecular weight is 401 g/mol. The van der Waals surface area contributed by atoms with Gasteiger partial charge in [-0.1, -0.05) is 33.1 Å². The Bertz CT molecular complexity index is 585. The number of carbonyl (C=O) groups excluding carboxylic acids is 1. The van der Waals surface area contributed by atoms with Crippen molar-refractivity contribution in [2.45, 2.75) is 44.4 Å². The molecule has 1 rings (SSSR count). The first kappa shape index (κ1) is 18.5. The number of furan rings is 1. The highest BCUT2D eigenvalue weighted by Gasteiger charge is 2.23. The van der Waals surface area contributed by atoms with Crippen molar-refractivity contribution >= 4 is 41.6 Å². The third-order valence-electron chi connectivity index (χ3n) is 3.24. The molecule has 8 heteroatoms. The van der Waals surface area contributed by atoms with Crippen LogP contribution in [0.25, 0.3) is 0 Å². The molecule has 1 amide bonds. The number of hydrogen-bond donors (Lipinski definition) is 1. The first-order valence-corrected chi connectivity index (χ1v) is 9.92. The molecule has 0 saturated heterocycles. The summed E-state index contributed by atoms with van der Waals surface area (Å²) >= 11 is 2.94. The molecule has 1 aromatic rings. The molecule has 1 unspecified atom stereocenters. The number of nitrogens with one attached hydrogen (secondary N) is 1. The highest BCUT2D eigenvalue weighted by atomic mass is 79.9. The standard InChI is InChI=1S/C13H19BrClNO4S/c1-3-5-6-9(4-2)8-16-13(17)10-7-11(12(14)20-10)21(15,18)19/h7,9H,3-6,8H2,1-2H3,(H,16,17). The monoisotopic (exact) mass is 399 g/mol. The zero-order valence-corrected chi connectivity index (χ0v) is 15.1. The normalized spacial score (nSPS) is 13.1. The second-order valence-electron chi connectivity index (χ2n) is 4.81. The highest BCUT2D eigenvalue weighted by Crippen LogP contribution is 2.28. The molecule has 0 fully saturated rings. The number of unbranched alkanes of at least 4 members (excludes halogenated alkanes) is 1. The Morgan fingerprint density at radius 3 is 2.62 bits per heavy atom. The minimum absolute atomic E-state index is 0.0688. The topological polar surface area (TPSA) is 76.4 Å². The quantitative estimate of drug-likeness (QED) is 0.671. The molecule has 0 radical (unpaired) electrons. The molecule has 1 N–H and O–H groups in total. The fourth-order valence-corrected chi connectivity index (χ4v) is 3.93. The Morgan fingerprint density at radius 1 is 1.48 bits per heavy atom. The number of amides is 1. The van der Waals surface area contributed by atoms with E-state index in [0.29, 0.717) is 12.5 Å². The minimum Gasteiger partial charge on any atom is -0.443 e. The number of hydrogen-bond acceptors (Lipinski definition) is 4. The lowest BCUT2D eigenvalue weighted by molar-refractivity contribution is 0.0916. The summed E-state index contributed by atoms with van der Waals surface area (Å²) in [6, 6.07) is 1.12. The van der Waals surface area contributed by atoms with Gasteiger partial charge < -0.3 is 9.73 Å². The predicted molar refractivity (Wildman–Crippen MR) is 85.1 cm³/mol. The van der Waals surface area contributed by atoms with Gasteiger partial charge in [-0.15, -0.1) is 0 Å². The zero-order valence-electron chi connectivity index (χ0n) is 12.0. The highest BCUT2D eigenvalue weighted by molar-refractivity contribution is 9.10. The van der Waals surface area contributed by atoms with E-state index >= 15 is 0 Å². The van der Waals surface area contributed by atoms with Crippen molar-refractivity contribution in [1.29, 1.82) is 0 Å². The lowest BCUT2D eigenvalue weighted by Gasteiger charge is -2.14. The van der Waals surface area contributed by atoms with Gasteiger partial charge in [-0.25, -0.2) is 8.42 Å². The fourth-order valence-electron chi connectivity index (χ4n) is 1.90. The Kier molecular flexibility index (Phi) is 7.23. The van der Waals surface area contributed by atoms with E-state index in [-0.39, 0.29) is 15.3 Å². The van der Waals surface area contributed by atoms with E-state index in [1.807, 2.05) is 0 Å². The molecule has 0 aliphatic rings. The number of halogens is 2. The van der Waals surface area contributed by atoms with Crippen LogP contribution in [0, 0.1) is 5.92 Å². The smallest absolute Gasteiger partial charge is 0.287 e. The summed E-state index contributed by atoms with van der Waals surface area (Å²) in [7, 11) is 1.30. The maximum absolute atomic E-state index is 12.0. The molecule has 5 nitrogen and oxygen atoms in total. The fraction of sp³-hybridized carbons (Fsp3) is 0.615. The van der Waals surface area contributed by atoms with Gasteiger partial charge in [0.25, 0.3) is 15.0 Å². The van der Waals surface area contributed by atoms with Crippen LogP contribution in [0.2, 0.25) is 0 Å². The van der Waals surface area contributed by atoms with Crippen molar-refractivity contribution in [3.05, 3.63) is 16.5 Å². The van der Waals surface area contributed by atoms with E-state index in [0.717, 1.165) is 31.7 Å². The lowest BCUT2D eigenvalue weighted by atomic mass is 9.99. The Balaban J connectivity index is 2.68. The maximum Gasteiger partial charge on any atom is 0.287 e. The number of rotatable bonds is 8. The molecule has 1 heterocycles. The van der Waals surface area contributed by atoms with Crippen LogP contribution < -0.4 is 5.32 Å². The molecule has 0 aliphatic carbocycles. The van der Waals surface area contributed by atoms with Crippen molar-refractivity contribution in [2.24, 2.45) is 5.92 Å². The van der Waals surface area contributed by atoms with E-state index in [2.05, 4.69) is 35.1 Å². The average Bonchev–Trinajstić information content (AvgIpc) is 2.81. The summed E-state index contributed by atoms with van der Waals surface area (Å²) in [5.74, 6) is -0.118. The van der Waals surface area contributed by atoms with Crippen LogP contribution in [0.1, 0.15) is 50.1 Å². The molecule has 0 saturated carbocycles. The van der Waals surface area contributed by atoms with E-state index < -0.39 is 15.0 Å². The molecule has 0 bridgehead atoms. The SMILES string of the molecule is CCCCC(CC)CNC(=O)c1cc(S(=O)(=O)Cl)c(Br)o1. The lowest BCUT2D eigenvalue weighted by Crippen LogP contribution is -2.28. The third-order valence-corrected chi connectivity index (χ3v) is 5.42. The molecule has 21 heavy (non-hydrogen) atoms. The van der Waals surface area contributed by atoms with Crippen LogP contribution in [0.3, 0.4) is 0 Å². The molecule has 1 aromatic heterocycles. The van der Waals surface area contributed by atoms with Gasteiger partial charge in [0, 0.05) is 23.3 Å². The van der Waals surface area contributed by atoms with Gasteiger partial charge in [0.2, 0.25) is 0 Å². The van der Waals surface area contributed by atoms with Crippen molar-refractivity contribution in [3.8, 4) is 0 Å². The predicted octanol–water partition coefficient (Wildman–Crippen LogP) is 3.92. The first-order valence-electron chi connectivity index (χ1n) is 6.81. The van der Waals surface area contributed by atoms with E-state index in [4.69, 9.17) is 15.1 Å². The van der Waals surface area contributed by atoms with Crippen LogP contribution in [-0.2, 0) is 9.05 Å². The van der Waals surface area contributed by atoms with Crippen LogP contribution in [0.5, 0.6) is 0 Å². The Hall–Kier alpha value is -0.530. The van der Waals surface area contributed by atoms with Gasteiger partial charge >= 0.3 is 0 Å². The summed E-state index contributed by atoms with van der Waals surface area (Å²) in [6.45, 7) is 4.74. The van der Waals surface area contributed by atoms with E-state index in [9.17, 15) is 13.2 Å². The van der Waals surface area contributed by atoms with Gasteiger partial charge in [0.05, 0.1) is 0 Å². The van der Waals surface area contributed by atoms with Crippen LogP contribution in [0.15, 0.2) is 20.0 Å². The molecule has 0 aromatic carbocycles. The van der Waals surface area contributed by atoms with Crippen LogP contribution >= 0.6 is 26.6 Å². The summed E-state index contributed by atoms with van der Waals surface area (Å²) in [4.78, 5) is 11.7. The summed E-state index contributed by atoms with van der Waals surface area (Å²) in [5, 5.41) is 2.76. The third kappa shape index (κ3) is 5.64. The second kappa shape index (κ2) is 8.19. The zero-order chi connectivity index (χ0) is 16.0. The maximum atomic E-state index is 12.0. The summed E-state index contributed by atoms with van der Waals surface area (Å²) < 4.78 is 27.6. The van der Waals surface area contributed by atoms with Gasteiger partial charge in [0.15, 0.2) is 10.4 Å². The van der Waals surface area contributed by atoms with E-state index in [1.54, 1.807) is 0 Å². The molecule has 0 aliphatic heterocycles. The molecular weight excluding hydrogens is 382 g/mol. The van der Waals surface area contributed by atoms with Gasteiger partial charge in [-0.3, -0.25) is 4.79 Å². The van der Waals surface area contributed by atoms with Gasteiger partial charge in [-0.05, 0) is 28.3 Å². The molecule has 0 spiro atoms. The summed E-state index contributed by atoms with van der Waals surface area (Å²) in [5.41, 5.74) is 0. The van der Waals surface area contributed by atoms with Crippen LogP contribution in [0.4, 0.5) is 0 Å². The van der Waals surface area contributed by atoms with Crippen molar-refractivity contribution in [1.82, 2.24) is 5.32 Å². The second-order valence-corrected chi connectivity index (χ2v) is 8.07. The van der Waals surface area contributed by atoms with Crippen molar-refractivity contribution in [3.63, 3.8) is 0 Å². The number of carbonyl (C=O) groups is 1. The Morgan fingerprint density at radius 2 is 2.14 bits per heavy atom. The van der Waals surface area contributed by atoms with Gasteiger partial charge in [-0.2, -0.15) is 0 Å². The van der Waals surface area contributed by atoms with Crippen LogP contribution in [-0.4, -0.2) is 20.9 Å². The molecule has 120 valence electrons. The van der Waals surface area contributed by atoms with Crippen molar-refractivity contribution < 1.29 is 17.6 Å². The largest absolute Gasteiger partial charge is 0.443 e. The van der Waals surface area contributed by atoms with Crippen molar-refractivity contribution in [2.75, 3.05) is 6.54 Å². The van der Waals surface area contributed by atoms with E-state index in [1.165, 1.54) is 0 Å². The molecule has 1 atom stereocenters. The first-order chi connectivity index (χ1) is 9.79. The van der Waals surface area contributed by atoms with Gasteiger partial charge in [0.1, 0.15) is 4.90 Å². The molecular formula is C13H19BrClNO4S.